The SMILES string of the molecule is COc1c(OCCCN2CCNCC2)ccc2c3n(c(=NC(=O)c4cnc(N)nc4)nc12)CCCN3. The van der Waals surface area contributed by atoms with Gasteiger partial charge in [-0.05, 0) is 25.0 Å². The Morgan fingerprint density at radius 2 is 1.97 bits per heavy atom. The summed E-state index contributed by atoms with van der Waals surface area (Å²) in [5.41, 5.74) is 6.63. The second-order valence-corrected chi connectivity index (χ2v) is 8.73. The van der Waals surface area contributed by atoms with Gasteiger partial charge in [-0.1, -0.05) is 0 Å². The molecule has 1 fully saturated rings. The van der Waals surface area contributed by atoms with Gasteiger partial charge in [0, 0.05) is 63.6 Å². The van der Waals surface area contributed by atoms with E-state index >= 15 is 0 Å². The lowest BCUT2D eigenvalue weighted by Gasteiger charge is -2.27. The molecule has 0 saturated carbocycles. The van der Waals surface area contributed by atoms with Gasteiger partial charge in [-0.15, -0.1) is 0 Å². The molecule has 0 unspecified atom stereocenters. The van der Waals surface area contributed by atoms with E-state index in [2.05, 4.69) is 30.5 Å². The number of amides is 1. The van der Waals surface area contributed by atoms with Crippen molar-refractivity contribution in [3.63, 3.8) is 0 Å². The van der Waals surface area contributed by atoms with Gasteiger partial charge in [0.25, 0.3) is 5.91 Å². The Morgan fingerprint density at radius 3 is 2.75 bits per heavy atom. The Kier molecular flexibility index (Phi) is 7.23. The van der Waals surface area contributed by atoms with E-state index in [1.165, 1.54) is 12.4 Å². The number of rotatable bonds is 7. The lowest BCUT2D eigenvalue weighted by molar-refractivity contribution is 0.0995. The Hall–Kier alpha value is -3.77. The van der Waals surface area contributed by atoms with Gasteiger partial charge in [-0.2, -0.15) is 4.99 Å². The third-order valence-electron chi connectivity index (χ3n) is 6.33. The Balaban J connectivity index is 1.46. The molecule has 0 spiro atoms. The van der Waals surface area contributed by atoms with E-state index in [9.17, 15) is 4.79 Å². The van der Waals surface area contributed by atoms with Gasteiger partial charge in [0.15, 0.2) is 11.5 Å². The van der Waals surface area contributed by atoms with Crippen molar-refractivity contribution in [1.29, 1.82) is 0 Å². The number of nitrogens with two attached hydrogens (primary N) is 1. The zero-order chi connectivity index (χ0) is 24.9. The largest absolute Gasteiger partial charge is 0.491 e. The molecular weight excluding hydrogens is 462 g/mol. The van der Waals surface area contributed by atoms with E-state index in [0.29, 0.717) is 30.2 Å². The first-order valence-corrected chi connectivity index (χ1v) is 12.2. The maximum Gasteiger partial charge on any atom is 0.283 e. The normalized spacial score (nSPS) is 16.4. The fourth-order valence-corrected chi connectivity index (χ4v) is 4.51. The van der Waals surface area contributed by atoms with Crippen LogP contribution in [0, 0.1) is 0 Å². The molecule has 2 aromatic heterocycles. The number of hydrogen-bond donors (Lipinski definition) is 3. The summed E-state index contributed by atoms with van der Waals surface area (Å²) in [6.45, 7) is 7.23. The van der Waals surface area contributed by atoms with Crippen molar-refractivity contribution < 1.29 is 14.3 Å². The number of benzene rings is 1. The summed E-state index contributed by atoms with van der Waals surface area (Å²) in [7, 11) is 1.59. The Bertz CT molecular complexity index is 1300. The van der Waals surface area contributed by atoms with Crippen LogP contribution in [0.3, 0.4) is 0 Å². The molecule has 2 aliphatic rings. The van der Waals surface area contributed by atoms with Crippen LogP contribution in [0.4, 0.5) is 11.8 Å². The summed E-state index contributed by atoms with van der Waals surface area (Å²) >= 11 is 0. The minimum absolute atomic E-state index is 0.0940. The monoisotopic (exact) mass is 493 g/mol. The van der Waals surface area contributed by atoms with Crippen LogP contribution in [0.1, 0.15) is 23.2 Å². The standard InChI is InChI=1S/C24H31N9O3/c1-35-20-18(36-13-3-9-32-11-7-26-8-12-32)5-4-17-19(20)30-24(33-10-2-6-27-21(17)33)31-22(34)16-14-28-23(25)29-15-16/h4-5,14-15,26-27H,2-3,6-13H2,1H3,(H2,25,28,29). The highest BCUT2D eigenvalue weighted by atomic mass is 16.5. The second-order valence-electron chi connectivity index (χ2n) is 8.73. The van der Waals surface area contributed by atoms with E-state index in [-0.39, 0.29) is 17.1 Å². The number of anilines is 2. The molecule has 4 heterocycles. The van der Waals surface area contributed by atoms with E-state index in [1.54, 1.807) is 7.11 Å². The summed E-state index contributed by atoms with van der Waals surface area (Å²) < 4.78 is 13.8. The average Bonchev–Trinajstić information content (AvgIpc) is 2.92. The first-order chi connectivity index (χ1) is 17.6. The van der Waals surface area contributed by atoms with Gasteiger partial charge in [-0.3, -0.25) is 9.36 Å². The highest BCUT2D eigenvalue weighted by molar-refractivity contribution is 5.96. The lowest BCUT2D eigenvalue weighted by atomic mass is 10.1. The van der Waals surface area contributed by atoms with Crippen LogP contribution in [-0.2, 0) is 6.54 Å². The second kappa shape index (κ2) is 10.9. The van der Waals surface area contributed by atoms with Crippen molar-refractivity contribution in [2.45, 2.75) is 19.4 Å². The number of aromatic nitrogens is 4. The van der Waals surface area contributed by atoms with Gasteiger partial charge in [0.05, 0.1) is 19.3 Å². The molecule has 12 nitrogen and oxygen atoms in total. The van der Waals surface area contributed by atoms with Crippen LogP contribution in [0.2, 0.25) is 0 Å². The van der Waals surface area contributed by atoms with Crippen molar-refractivity contribution in [3.8, 4) is 11.5 Å². The van der Waals surface area contributed by atoms with Crippen LogP contribution >= 0.6 is 0 Å². The van der Waals surface area contributed by atoms with Crippen molar-refractivity contribution >= 4 is 28.6 Å². The minimum Gasteiger partial charge on any atom is -0.491 e. The van der Waals surface area contributed by atoms with Crippen molar-refractivity contribution in [2.75, 3.05) is 64.0 Å². The van der Waals surface area contributed by atoms with Gasteiger partial charge >= 0.3 is 0 Å². The van der Waals surface area contributed by atoms with Crippen LogP contribution in [0.25, 0.3) is 10.9 Å². The number of nitrogens with zero attached hydrogens (tertiary/aromatic N) is 6. The molecule has 0 bridgehead atoms. The smallest absolute Gasteiger partial charge is 0.283 e. The third kappa shape index (κ3) is 5.09. The van der Waals surface area contributed by atoms with E-state index in [1.807, 2.05) is 16.7 Å². The van der Waals surface area contributed by atoms with Gasteiger partial charge in [0.2, 0.25) is 11.6 Å². The number of methoxy groups -OCH3 is 1. The fraction of sp³-hybridized carbons (Fsp3) is 0.458. The third-order valence-corrected chi connectivity index (χ3v) is 6.33. The van der Waals surface area contributed by atoms with Gasteiger partial charge in [-0.25, -0.2) is 15.0 Å². The molecule has 2 aliphatic heterocycles. The van der Waals surface area contributed by atoms with Crippen LogP contribution in [0.5, 0.6) is 11.5 Å². The number of carbonyl (C=O) groups is 1. The molecule has 1 aromatic carbocycles. The number of carbonyl (C=O) groups excluding carboxylic acids is 1. The number of nitrogen functional groups attached to an aromatic ring is 1. The molecule has 190 valence electrons. The maximum atomic E-state index is 12.8. The maximum absolute atomic E-state index is 12.8. The molecule has 1 amide bonds. The number of hydrogen-bond acceptors (Lipinski definition) is 10. The molecular formula is C24H31N9O3. The molecule has 5 rings (SSSR count). The summed E-state index contributed by atoms with van der Waals surface area (Å²) in [6, 6.07) is 3.89. The first-order valence-electron chi connectivity index (χ1n) is 12.2. The number of fused-ring (bicyclic) bond motifs is 3. The molecule has 1 saturated heterocycles. The molecule has 0 aliphatic carbocycles. The molecule has 12 heteroatoms. The quantitative estimate of drug-likeness (QED) is 0.401. The van der Waals surface area contributed by atoms with E-state index in [0.717, 1.165) is 63.3 Å². The number of ether oxygens (including phenoxy) is 2. The van der Waals surface area contributed by atoms with Gasteiger partial charge in [0.1, 0.15) is 11.3 Å². The predicted molar refractivity (Wildman–Crippen MR) is 135 cm³/mol. The molecule has 4 N–H and O–H groups in total. The Morgan fingerprint density at radius 1 is 1.17 bits per heavy atom. The van der Waals surface area contributed by atoms with Crippen molar-refractivity contribution in [2.24, 2.45) is 4.99 Å². The van der Waals surface area contributed by atoms with Crippen molar-refractivity contribution in [3.05, 3.63) is 35.7 Å². The predicted octanol–water partition coefficient (Wildman–Crippen LogP) is 0.648. The van der Waals surface area contributed by atoms with E-state index < -0.39 is 5.91 Å². The molecule has 3 aromatic rings. The van der Waals surface area contributed by atoms with Crippen LogP contribution in [-0.4, -0.2) is 83.3 Å². The highest BCUT2D eigenvalue weighted by Crippen LogP contribution is 2.37. The van der Waals surface area contributed by atoms with Crippen LogP contribution < -0.4 is 31.5 Å². The number of nitrogens with one attached hydrogen (secondary N) is 2. The Labute approximate surface area is 208 Å². The summed E-state index contributed by atoms with van der Waals surface area (Å²) in [5.74, 6) is 1.57. The lowest BCUT2D eigenvalue weighted by Crippen LogP contribution is -2.43. The zero-order valence-electron chi connectivity index (χ0n) is 20.4. The van der Waals surface area contributed by atoms with Gasteiger partial charge < -0.3 is 30.7 Å². The summed E-state index contributed by atoms with van der Waals surface area (Å²) in [6.07, 6.45) is 4.52. The number of piperazine rings is 1. The molecule has 36 heavy (non-hydrogen) atoms. The zero-order valence-corrected chi connectivity index (χ0v) is 20.4. The highest BCUT2D eigenvalue weighted by Gasteiger charge is 2.20. The average molecular weight is 494 g/mol. The summed E-state index contributed by atoms with van der Waals surface area (Å²) in [5, 5.41) is 7.68. The van der Waals surface area contributed by atoms with Crippen LogP contribution in [0.15, 0.2) is 29.5 Å². The fourth-order valence-electron chi connectivity index (χ4n) is 4.51. The first kappa shape index (κ1) is 23.9. The molecule has 0 atom stereocenters. The summed E-state index contributed by atoms with van der Waals surface area (Å²) in [4.78, 5) is 32.1. The molecule has 0 radical (unpaired) electrons. The van der Waals surface area contributed by atoms with E-state index in [4.69, 9.17) is 20.2 Å². The topological polar surface area (TPSA) is 145 Å². The minimum atomic E-state index is -0.499. The van der Waals surface area contributed by atoms with Crippen molar-refractivity contribution in [1.82, 2.24) is 29.7 Å².